The topological polar surface area (TPSA) is 55.1 Å². The molecule has 0 aliphatic carbocycles. The molecule has 0 saturated carbocycles. The van der Waals surface area contributed by atoms with E-state index in [0.29, 0.717) is 6.42 Å². The molecule has 4 heteroatoms. The summed E-state index contributed by atoms with van der Waals surface area (Å²) >= 11 is 5.78. The second-order valence-corrected chi connectivity index (χ2v) is 4.16. The van der Waals surface area contributed by atoms with Crippen LogP contribution in [0.3, 0.4) is 0 Å². The fourth-order valence-electron chi connectivity index (χ4n) is 1.38. The predicted molar refractivity (Wildman–Crippen MR) is 66.2 cm³/mol. The maximum atomic E-state index is 10.5. The van der Waals surface area contributed by atoms with Gasteiger partial charge in [-0.25, -0.2) is 0 Å². The number of primary amides is 1. The van der Waals surface area contributed by atoms with Crippen LogP contribution in [0.25, 0.3) is 0 Å². The molecule has 0 aliphatic heterocycles. The number of nitrogens with two attached hydrogens (primary N) is 1. The summed E-state index contributed by atoms with van der Waals surface area (Å²) in [5.74, 6) is -0.224. The lowest BCUT2D eigenvalue weighted by atomic mass is 10.2. The SMILES string of the molecule is NC(=O)CCCCNCc1ccc(Cl)cc1. The summed E-state index contributed by atoms with van der Waals surface area (Å²) in [7, 11) is 0. The van der Waals surface area contributed by atoms with E-state index < -0.39 is 0 Å². The average molecular weight is 241 g/mol. The standard InChI is InChI=1S/C12H17ClN2O/c13-11-6-4-10(5-7-11)9-15-8-2-1-3-12(14)16/h4-7,15H,1-3,8-9H2,(H2,14,16). The maximum Gasteiger partial charge on any atom is 0.217 e. The lowest BCUT2D eigenvalue weighted by Gasteiger charge is -2.04. The van der Waals surface area contributed by atoms with Crippen LogP contribution < -0.4 is 11.1 Å². The number of benzene rings is 1. The Kier molecular flexibility index (Phi) is 5.90. The van der Waals surface area contributed by atoms with Crippen molar-refractivity contribution in [2.24, 2.45) is 5.73 Å². The molecule has 16 heavy (non-hydrogen) atoms. The summed E-state index contributed by atoms with van der Waals surface area (Å²) in [6.45, 7) is 1.73. The molecule has 3 N–H and O–H groups in total. The van der Waals surface area contributed by atoms with Crippen LogP contribution in [-0.4, -0.2) is 12.5 Å². The zero-order valence-corrected chi connectivity index (χ0v) is 9.96. The minimum absolute atomic E-state index is 0.224. The molecule has 1 rings (SSSR count). The highest BCUT2D eigenvalue weighted by atomic mass is 35.5. The van der Waals surface area contributed by atoms with Gasteiger partial charge in [-0.15, -0.1) is 0 Å². The Morgan fingerprint density at radius 1 is 1.25 bits per heavy atom. The Bertz CT molecular complexity index is 324. The molecule has 0 aromatic heterocycles. The molecule has 0 radical (unpaired) electrons. The number of nitrogens with one attached hydrogen (secondary N) is 1. The van der Waals surface area contributed by atoms with E-state index in [0.717, 1.165) is 31.0 Å². The third-order valence-electron chi connectivity index (χ3n) is 2.27. The molecule has 0 heterocycles. The molecule has 0 fully saturated rings. The quantitative estimate of drug-likeness (QED) is 0.717. The van der Waals surface area contributed by atoms with E-state index in [4.69, 9.17) is 17.3 Å². The summed E-state index contributed by atoms with van der Waals surface area (Å²) in [6, 6.07) is 7.76. The van der Waals surface area contributed by atoms with Crippen LogP contribution in [-0.2, 0) is 11.3 Å². The summed E-state index contributed by atoms with van der Waals surface area (Å²) in [4.78, 5) is 10.5. The third kappa shape index (κ3) is 5.73. The van der Waals surface area contributed by atoms with Crippen LogP contribution in [0.4, 0.5) is 0 Å². The summed E-state index contributed by atoms with van der Waals surface area (Å²) in [6.07, 6.45) is 2.29. The van der Waals surface area contributed by atoms with Crippen molar-refractivity contribution in [2.45, 2.75) is 25.8 Å². The minimum atomic E-state index is -0.224. The van der Waals surface area contributed by atoms with E-state index in [2.05, 4.69) is 5.32 Å². The average Bonchev–Trinajstić information content (AvgIpc) is 2.25. The number of amides is 1. The highest BCUT2D eigenvalue weighted by Gasteiger charge is 1.95. The van der Waals surface area contributed by atoms with Gasteiger partial charge in [0.1, 0.15) is 0 Å². The number of rotatable bonds is 7. The largest absolute Gasteiger partial charge is 0.370 e. The molecule has 1 aromatic rings. The zero-order valence-electron chi connectivity index (χ0n) is 9.21. The van der Waals surface area contributed by atoms with Gasteiger partial charge in [0, 0.05) is 18.0 Å². The number of hydrogen-bond donors (Lipinski definition) is 2. The van der Waals surface area contributed by atoms with Gasteiger partial charge in [0.2, 0.25) is 5.91 Å². The summed E-state index contributed by atoms with van der Waals surface area (Å²) in [5, 5.41) is 4.05. The van der Waals surface area contributed by atoms with Gasteiger partial charge >= 0.3 is 0 Å². The molecule has 3 nitrogen and oxygen atoms in total. The van der Waals surface area contributed by atoms with Crippen LogP contribution in [0.1, 0.15) is 24.8 Å². The fourth-order valence-corrected chi connectivity index (χ4v) is 1.51. The van der Waals surface area contributed by atoms with Gasteiger partial charge in [0.25, 0.3) is 0 Å². The second kappa shape index (κ2) is 7.25. The van der Waals surface area contributed by atoms with Gasteiger partial charge in [0.05, 0.1) is 0 Å². The van der Waals surface area contributed by atoms with E-state index >= 15 is 0 Å². The van der Waals surface area contributed by atoms with Crippen LogP contribution >= 0.6 is 11.6 Å². The second-order valence-electron chi connectivity index (χ2n) is 3.73. The number of hydrogen-bond acceptors (Lipinski definition) is 2. The molecule has 88 valence electrons. The minimum Gasteiger partial charge on any atom is -0.370 e. The van der Waals surface area contributed by atoms with E-state index in [9.17, 15) is 4.79 Å². The van der Waals surface area contributed by atoms with Gasteiger partial charge in [-0.05, 0) is 37.1 Å². The molecule has 0 saturated heterocycles. The monoisotopic (exact) mass is 240 g/mol. The Morgan fingerprint density at radius 3 is 2.56 bits per heavy atom. The fraction of sp³-hybridized carbons (Fsp3) is 0.417. The molecular formula is C12H17ClN2O. The summed E-state index contributed by atoms with van der Waals surface area (Å²) in [5.41, 5.74) is 6.25. The maximum absolute atomic E-state index is 10.5. The number of halogens is 1. The van der Waals surface area contributed by atoms with Gasteiger partial charge in [-0.2, -0.15) is 0 Å². The Morgan fingerprint density at radius 2 is 1.94 bits per heavy atom. The Hall–Kier alpha value is -1.06. The van der Waals surface area contributed by atoms with Crippen molar-refractivity contribution in [2.75, 3.05) is 6.54 Å². The van der Waals surface area contributed by atoms with E-state index in [1.165, 1.54) is 5.56 Å². The molecule has 1 aromatic carbocycles. The molecule has 0 aliphatic rings. The van der Waals surface area contributed by atoms with Crippen LogP contribution in [0.15, 0.2) is 24.3 Å². The van der Waals surface area contributed by atoms with Crippen molar-refractivity contribution in [3.63, 3.8) is 0 Å². The molecular weight excluding hydrogens is 224 g/mol. The van der Waals surface area contributed by atoms with Crippen molar-refractivity contribution >= 4 is 17.5 Å². The number of unbranched alkanes of at least 4 members (excludes halogenated alkanes) is 1. The Balaban J connectivity index is 2.07. The van der Waals surface area contributed by atoms with Gasteiger partial charge in [-0.1, -0.05) is 23.7 Å². The first-order valence-corrected chi connectivity index (χ1v) is 5.80. The normalized spacial score (nSPS) is 10.3. The first-order valence-electron chi connectivity index (χ1n) is 5.42. The van der Waals surface area contributed by atoms with Gasteiger partial charge in [0.15, 0.2) is 0 Å². The van der Waals surface area contributed by atoms with Crippen molar-refractivity contribution in [3.8, 4) is 0 Å². The van der Waals surface area contributed by atoms with Crippen molar-refractivity contribution in [3.05, 3.63) is 34.9 Å². The number of carbonyl (C=O) groups excluding carboxylic acids is 1. The molecule has 1 amide bonds. The highest BCUT2D eigenvalue weighted by Crippen LogP contribution is 2.09. The summed E-state index contributed by atoms with van der Waals surface area (Å²) < 4.78 is 0. The zero-order chi connectivity index (χ0) is 11.8. The lowest BCUT2D eigenvalue weighted by Crippen LogP contribution is -2.16. The van der Waals surface area contributed by atoms with Crippen molar-refractivity contribution < 1.29 is 4.79 Å². The van der Waals surface area contributed by atoms with E-state index in [1.54, 1.807) is 0 Å². The van der Waals surface area contributed by atoms with Gasteiger partial charge < -0.3 is 11.1 Å². The van der Waals surface area contributed by atoms with Crippen LogP contribution in [0, 0.1) is 0 Å². The molecule has 0 bridgehead atoms. The Labute approximate surface area is 101 Å². The first kappa shape index (κ1) is 13.0. The molecule has 0 spiro atoms. The predicted octanol–water partition coefficient (Wildman–Crippen LogP) is 2.09. The van der Waals surface area contributed by atoms with Crippen LogP contribution in [0.2, 0.25) is 5.02 Å². The molecule has 0 atom stereocenters. The van der Waals surface area contributed by atoms with E-state index in [1.807, 2.05) is 24.3 Å². The number of carbonyl (C=O) groups is 1. The lowest BCUT2D eigenvalue weighted by molar-refractivity contribution is -0.118. The van der Waals surface area contributed by atoms with E-state index in [-0.39, 0.29) is 5.91 Å². The smallest absolute Gasteiger partial charge is 0.217 e. The molecule has 0 unspecified atom stereocenters. The first-order chi connectivity index (χ1) is 7.68. The van der Waals surface area contributed by atoms with Gasteiger partial charge in [-0.3, -0.25) is 4.79 Å². The van der Waals surface area contributed by atoms with Crippen molar-refractivity contribution in [1.29, 1.82) is 0 Å². The van der Waals surface area contributed by atoms with Crippen LogP contribution in [0.5, 0.6) is 0 Å². The highest BCUT2D eigenvalue weighted by molar-refractivity contribution is 6.30. The third-order valence-corrected chi connectivity index (χ3v) is 2.52. The van der Waals surface area contributed by atoms with Crippen molar-refractivity contribution in [1.82, 2.24) is 5.32 Å².